The van der Waals surface area contributed by atoms with Crippen molar-refractivity contribution in [2.24, 2.45) is 5.73 Å². The van der Waals surface area contributed by atoms with Gasteiger partial charge in [0.05, 0.1) is 6.20 Å². The van der Waals surface area contributed by atoms with Crippen LogP contribution in [-0.2, 0) is 0 Å². The first kappa shape index (κ1) is 17.6. The number of benzene rings is 1. The second kappa shape index (κ2) is 9.43. The van der Waals surface area contributed by atoms with Crippen LogP contribution >= 0.6 is 0 Å². The highest BCUT2D eigenvalue weighted by molar-refractivity contribution is 5.92. The van der Waals surface area contributed by atoms with Gasteiger partial charge in [-0.3, -0.25) is 9.78 Å². The average molecular weight is 332 g/mol. The van der Waals surface area contributed by atoms with Gasteiger partial charge in [0.2, 0.25) is 11.8 Å². The van der Waals surface area contributed by atoms with Crippen LogP contribution in [0.4, 0.5) is 0 Å². The van der Waals surface area contributed by atoms with E-state index in [9.17, 15) is 9.90 Å². The van der Waals surface area contributed by atoms with Crippen LogP contribution in [0.3, 0.4) is 0 Å². The number of primary amides is 1. The molecule has 2 rings (SSSR count). The highest BCUT2D eigenvalue weighted by Crippen LogP contribution is 2.11. The molecule has 1 atom stereocenters. The van der Waals surface area contributed by atoms with Gasteiger partial charge in [-0.05, 0) is 24.3 Å². The second-order valence-corrected chi connectivity index (χ2v) is 4.95. The van der Waals surface area contributed by atoms with E-state index in [2.05, 4.69) is 15.3 Å². The number of nitrogens with zero attached hydrogens (tertiary/aromatic N) is 2. The molecule has 0 spiro atoms. The number of aliphatic hydroxyl groups excluding tert-OH is 1. The third kappa shape index (κ3) is 6.19. The summed E-state index contributed by atoms with van der Waals surface area (Å²) in [5.74, 6) is 0.550. The Balaban J connectivity index is 1.56. The Morgan fingerprint density at radius 1 is 1.25 bits per heavy atom. The van der Waals surface area contributed by atoms with Crippen LogP contribution in [-0.4, -0.2) is 53.4 Å². The Labute approximate surface area is 139 Å². The number of hydrogen-bond acceptors (Lipinski definition) is 7. The van der Waals surface area contributed by atoms with Crippen molar-refractivity contribution in [2.45, 2.75) is 6.10 Å². The Hall–Kier alpha value is -2.71. The van der Waals surface area contributed by atoms with E-state index in [0.717, 1.165) is 0 Å². The van der Waals surface area contributed by atoms with Crippen LogP contribution in [0.15, 0.2) is 42.9 Å². The molecule has 0 bridgehead atoms. The van der Waals surface area contributed by atoms with E-state index < -0.39 is 12.0 Å². The fourth-order valence-electron chi connectivity index (χ4n) is 1.83. The standard InChI is InChI=1S/C16H20N4O4/c17-16(22)12-1-3-14(4-2-12)23-8-7-19-9-13(21)11-24-15-10-18-5-6-20-15/h1-6,10,13,19,21H,7-9,11H2,(H2,17,22). The highest BCUT2D eigenvalue weighted by atomic mass is 16.5. The fraction of sp³-hybridized carbons (Fsp3) is 0.312. The molecule has 8 heteroatoms. The molecule has 1 aromatic carbocycles. The molecule has 1 amide bonds. The van der Waals surface area contributed by atoms with Crippen LogP contribution in [0.2, 0.25) is 0 Å². The van der Waals surface area contributed by atoms with Gasteiger partial charge in [0.15, 0.2) is 0 Å². The molecule has 0 aliphatic rings. The lowest BCUT2D eigenvalue weighted by Gasteiger charge is -2.13. The van der Waals surface area contributed by atoms with Gasteiger partial charge in [0.25, 0.3) is 0 Å². The number of rotatable bonds is 10. The molecule has 24 heavy (non-hydrogen) atoms. The summed E-state index contributed by atoms with van der Waals surface area (Å²) in [4.78, 5) is 18.8. The van der Waals surface area contributed by atoms with Gasteiger partial charge in [0, 0.05) is 31.0 Å². The molecule has 0 aliphatic carbocycles. The zero-order valence-corrected chi connectivity index (χ0v) is 13.1. The monoisotopic (exact) mass is 332 g/mol. The number of aliphatic hydroxyl groups is 1. The molecule has 1 unspecified atom stereocenters. The summed E-state index contributed by atoms with van der Waals surface area (Å²) >= 11 is 0. The summed E-state index contributed by atoms with van der Waals surface area (Å²) in [5.41, 5.74) is 5.60. The summed E-state index contributed by atoms with van der Waals surface area (Å²) in [6, 6.07) is 6.59. The van der Waals surface area contributed by atoms with Crippen LogP contribution < -0.4 is 20.5 Å². The van der Waals surface area contributed by atoms with Crippen molar-refractivity contribution in [1.82, 2.24) is 15.3 Å². The number of ether oxygens (including phenoxy) is 2. The molecule has 8 nitrogen and oxygen atoms in total. The number of carbonyl (C=O) groups excluding carboxylic acids is 1. The van der Waals surface area contributed by atoms with E-state index >= 15 is 0 Å². The van der Waals surface area contributed by atoms with E-state index in [1.165, 1.54) is 12.4 Å². The highest BCUT2D eigenvalue weighted by Gasteiger charge is 2.05. The van der Waals surface area contributed by atoms with E-state index in [1.807, 2.05) is 0 Å². The zero-order chi connectivity index (χ0) is 17.2. The van der Waals surface area contributed by atoms with Gasteiger partial charge < -0.3 is 25.6 Å². The van der Waals surface area contributed by atoms with Crippen molar-refractivity contribution in [1.29, 1.82) is 0 Å². The van der Waals surface area contributed by atoms with Crippen molar-refractivity contribution in [3.63, 3.8) is 0 Å². The topological polar surface area (TPSA) is 120 Å². The van der Waals surface area contributed by atoms with E-state index in [-0.39, 0.29) is 6.61 Å². The van der Waals surface area contributed by atoms with E-state index in [1.54, 1.807) is 30.5 Å². The molecule has 0 radical (unpaired) electrons. The average Bonchev–Trinajstić information content (AvgIpc) is 2.61. The lowest BCUT2D eigenvalue weighted by molar-refractivity contribution is 0.1000. The summed E-state index contributed by atoms with van der Waals surface area (Å²) in [6.07, 6.45) is 3.89. The van der Waals surface area contributed by atoms with Gasteiger partial charge in [-0.2, -0.15) is 0 Å². The first-order valence-electron chi connectivity index (χ1n) is 7.45. The normalized spacial score (nSPS) is 11.7. The molecule has 1 aromatic heterocycles. The van der Waals surface area contributed by atoms with Crippen LogP contribution in [0, 0.1) is 0 Å². The number of nitrogens with two attached hydrogens (primary N) is 1. The summed E-state index contributed by atoms with van der Waals surface area (Å²) in [6.45, 7) is 1.47. The number of amides is 1. The van der Waals surface area contributed by atoms with Crippen molar-refractivity contribution in [3.8, 4) is 11.6 Å². The quantitative estimate of drug-likeness (QED) is 0.523. The number of aromatic nitrogens is 2. The molecule has 0 fully saturated rings. The Morgan fingerprint density at radius 2 is 2.04 bits per heavy atom. The lowest BCUT2D eigenvalue weighted by atomic mass is 10.2. The first-order chi connectivity index (χ1) is 11.6. The predicted octanol–water partition coefficient (Wildman–Crippen LogP) is -0.0162. The van der Waals surface area contributed by atoms with E-state index in [4.69, 9.17) is 15.2 Å². The van der Waals surface area contributed by atoms with Crippen LogP contribution in [0.1, 0.15) is 10.4 Å². The lowest BCUT2D eigenvalue weighted by Crippen LogP contribution is -2.33. The van der Waals surface area contributed by atoms with Gasteiger partial charge in [-0.1, -0.05) is 0 Å². The first-order valence-corrected chi connectivity index (χ1v) is 7.45. The van der Waals surface area contributed by atoms with Gasteiger partial charge in [-0.15, -0.1) is 0 Å². The van der Waals surface area contributed by atoms with Crippen molar-refractivity contribution < 1.29 is 19.4 Å². The predicted molar refractivity (Wildman–Crippen MR) is 86.9 cm³/mol. The Kier molecular flexibility index (Phi) is 6.93. The van der Waals surface area contributed by atoms with Crippen molar-refractivity contribution >= 4 is 5.91 Å². The van der Waals surface area contributed by atoms with Crippen molar-refractivity contribution in [2.75, 3.05) is 26.3 Å². The molecular formula is C16H20N4O4. The van der Waals surface area contributed by atoms with Crippen molar-refractivity contribution in [3.05, 3.63) is 48.4 Å². The molecule has 1 heterocycles. The summed E-state index contributed by atoms with van der Waals surface area (Å²) in [5, 5.41) is 12.8. The number of carbonyl (C=O) groups is 1. The maximum Gasteiger partial charge on any atom is 0.248 e. The Morgan fingerprint density at radius 3 is 2.71 bits per heavy atom. The fourth-order valence-corrected chi connectivity index (χ4v) is 1.83. The Bertz CT molecular complexity index is 622. The molecule has 0 saturated carbocycles. The minimum atomic E-state index is -0.665. The number of hydrogen-bond donors (Lipinski definition) is 3. The smallest absolute Gasteiger partial charge is 0.248 e. The van der Waals surface area contributed by atoms with Gasteiger partial charge in [0.1, 0.15) is 25.1 Å². The van der Waals surface area contributed by atoms with Gasteiger partial charge >= 0.3 is 0 Å². The molecule has 0 aliphatic heterocycles. The minimum Gasteiger partial charge on any atom is -0.492 e. The zero-order valence-electron chi connectivity index (χ0n) is 13.1. The summed E-state index contributed by atoms with van der Waals surface area (Å²) in [7, 11) is 0. The molecule has 128 valence electrons. The van der Waals surface area contributed by atoms with Crippen LogP contribution in [0.5, 0.6) is 11.6 Å². The number of nitrogens with one attached hydrogen (secondary N) is 1. The molecule has 2 aromatic rings. The maximum absolute atomic E-state index is 10.9. The van der Waals surface area contributed by atoms with E-state index in [0.29, 0.717) is 36.9 Å². The van der Waals surface area contributed by atoms with Gasteiger partial charge in [-0.25, -0.2) is 4.98 Å². The molecule has 4 N–H and O–H groups in total. The molecule has 0 saturated heterocycles. The third-order valence-electron chi connectivity index (χ3n) is 3.03. The third-order valence-corrected chi connectivity index (χ3v) is 3.03. The summed E-state index contributed by atoms with van der Waals surface area (Å²) < 4.78 is 10.8. The maximum atomic E-state index is 10.9. The molecular weight excluding hydrogens is 312 g/mol. The minimum absolute atomic E-state index is 0.126. The second-order valence-electron chi connectivity index (χ2n) is 4.95. The van der Waals surface area contributed by atoms with Crippen LogP contribution in [0.25, 0.3) is 0 Å². The SMILES string of the molecule is NC(=O)c1ccc(OCCNCC(O)COc2cnccn2)cc1. The largest absolute Gasteiger partial charge is 0.492 e.